The second-order valence-electron chi connectivity index (χ2n) is 7.23. The lowest BCUT2D eigenvalue weighted by atomic mass is 9.76. The van der Waals surface area contributed by atoms with Crippen LogP contribution in [0.1, 0.15) is 34.3 Å². The van der Waals surface area contributed by atoms with Gasteiger partial charge in [0.1, 0.15) is 17.0 Å². The molecule has 3 amide bonds. The lowest BCUT2D eigenvalue weighted by molar-refractivity contribution is -0.131. The minimum Gasteiger partial charge on any atom is -0.497 e. The average molecular weight is 394 g/mol. The zero-order valence-corrected chi connectivity index (χ0v) is 16.4. The number of urea groups is 1. The molecule has 1 spiro atoms. The van der Waals surface area contributed by atoms with Gasteiger partial charge in [-0.05, 0) is 42.5 Å². The molecule has 7 nitrogen and oxygen atoms in total. The molecule has 7 heteroatoms. The molecule has 0 aromatic heterocycles. The lowest BCUT2D eigenvalue weighted by Crippen LogP contribution is -2.46. The highest BCUT2D eigenvalue weighted by Crippen LogP contribution is 2.40. The molecular weight excluding hydrogens is 372 g/mol. The SMILES string of the molecule is COc1ccc(C(=O)CN2C(=O)N[C@]3(CCCc4ccccc43)C2=O)c(OC)c1. The van der Waals surface area contributed by atoms with Gasteiger partial charge in [-0.1, -0.05) is 24.3 Å². The largest absolute Gasteiger partial charge is 0.497 e. The van der Waals surface area contributed by atoms with E-state index in [0.29, 0.717) is 23.5 Å². The number of imide groups is 1. The van der Waals surface area contributed by atoms with Crippen LogP contribution >= 0.6 is 0 Å². The summed E-state index contributed by atoms with van der Waals surface area (Å²) >= 11 is 0. The molecule has 1 N–H and O–H groups in total. The summed E-state index contributed by atoms with van der Waals surface area (Å²) in [6.45, 7) is -0.350. The molecule has 0 bridgehead atoms. The van der Waals surface area contributed by atoms with E-state index in [2.05, 4.69) is 5.32 Å². The molecule has 29 heavy (non-hydrogen) atoms. The number of amides is 3. The van der Waals surface area contributed by atoms with Crippen molar-refractivity contribution >= 4 is 17.7 Å². The first-order valence-corrected chi connectivity index (χ1v) is 9.48. The molecule has 1 atom stereocenters. The normalized spacial score (nSPS) is 20.4. The number of hydrogen-bond donors (Lipinski definition) is 1. The van der Waals surface area contributed by atoms with Gasteiger partial charge in [0.15, 0.2) is 5.78 Å². The van der Waals surface area contributed by atoms with Crippen LogP contribution in [0.25, 0.3) is 0 Å². The Morgan fingerprint density at radius 2 is 1.93 bits per heavy atom. The van der Waals surface area contributed by atoms with Crippen LogP contribution in [0.2, 0.25) is 0 Å². The summed E-state index contributed by atoms with van der Waals surface area (Å²) in [6.07, 6.45) is 2.17. The van der Waals surface area contributed by atoms with Crippen molar-refractivity contribution in [1.82, 2.24) is 10.2 Å². The first kappa shape index (κ1) is 19.0. The molecule has 1 heterocycles. The summed E-state index contributed by atoms with van der Waals surface area (Å²) in [5, 5.41) is 2.86. The van der Waals surface area contributed by atoms with Crippen LogP contribution in [-0.4, -0.2) is 43.4 Å². The number of ketones is 1. The van der Waals surface area contributed by atoms with Crippen molar-refractivity contribution in [2.75, 3.05) is 20.8 Å². The number of carbonyl (C=O) groups is 3. The van der Waals surface area contributed by atoms with Crippen molar-refractivity contribution in [3.8, 4) is 11.5 Å². The fourth-order valence-electron chi connectivity index (χ4n) is 4.21. The number of nitrogens with zero attached hydrogens (tertiary/aromatic N) is 1. The number of rotatable bonds is 5. The third kappa shape index (κ3) is 3.03. The van der Waals surface area contributed by atoms with Crippen LogP contribution in [0.15, 0.2) is 42.5 Å². The average Bonchev–Trinajstić information content (AvgIpc) is 2.98. The lowest BCUT2D eigenvalue weighted by Gasteiger charge is -2.33. The zero-order valence-electron chi connectivity index (χ0n) is 16.4. The van der Waals surface area contributed by atoms with Crippen molar-refractivity contribution in [2.24, 2.45) is 0 Å². The Balaban J connectivity index is 1.62. The minimum atomic E-state index is -1.09. The van der Waals surface area contributed by atoms with Crippen molar-refractivity contribution in [3.63, 3.8) is 0 Å². The van der Waals surface area contributed by atoms with Gasteiger partial charge in [0.05, 0.1) is 26.3 Å². The Hall–Kier alpha value is -3.35. The van der Waals surface area contributed by atoms with Crippen molar-refractivity contribution in [3.05, 3.63) is 59.2 Å². The predicted molar refractivity (Wildman–Crippen MR) is 105 cm³/mol. The van der Waals surface area contributed by atoms with Gasteiger partial charge in [-0.25, -0.2) is 4.79 Å². The molecule has 2 aliphatic rings. The molecule has 1 saturated heterocycles. The number of nitrogens with one attached hydrogen (secondary N) is 1. The molecule has 1 fully saturated rings. The van der Waals surface area contributed by atoms with E-state index >= 15 is 0 Å². The topological polar surface area (TPSA) is 84.9 Å². The number of aryl methyl sites for hydroxylation is 1. The number of ether oxygens (including phenoxy) is 2. The van der Waals surface area contributed by atoms with E-state index in [9.17, 15) is 14.4 Å². The monoisotopic (exact) mass is 394 g/mol. The Kier molecular flexibility index (Phi) is 4.74. The molecule has 0 saturated carbocycles. The molecule has 0 radical (unpaired) electrons. The molecule has 1 aliphatic heterocycles. The van der Waals surface area contributed by atoms with Crippen LogP contribution in [0.4, 0.5) is 4.79 Å². The molecule has 2 aromatic rings. The second kappa shape index (κ2) is 7.24. The summed E-state index contributed by atoms with van der Waals surface area (Å²) in [7, 11) is 2.97. The highest BCUT2D eigenvalue weighted by molar-refractivity contribution is 6.12. The molecule has 2 aromatic carbocycles. The number of benzene rings is 2. The number of methoxy groups -OCH3 is 2. The quantitative estimate of drug-likeness (QED) is 0.623. The predicted octanol–water partition coefficient (Wildman–Crippen LogP) is 2.67. The van der Waals surface area contributed by atoms with Gasteiger partial charge in [0, 0.05) is 6.07 Å². The summed E-state index contributed by atoms with van der Waals surface area (Å²) < 4.78 is 10.4. The Labute approximate surface area is 168 Å². The number of carbonyl (C=O) groups excluding carboxylic acids is 3. The molecule has 150 valence electrons. The summed E-state index contributed by atoms with van der Waals surface area (Å²) in [4.78, 5) is 39.9. The fourth-order valence-corrected chi connectivity index (χ4v) is 4.21. The smallest absolute Gasteiger partial charge is 0.325 e. The van der Waals surface area contributed by atoms with E-state index < -0.39 is 11.6 Å². The highest BCUT2D eigenvalue weighted by Gasteiger charge is 2.54. The molecule has 4 rings (SSSR count). The van der Waals surface area contributed by atoms with Crippen molar-refractivity contribution in [1.29, 1.82) is 0 Å². The van der Waals surface area contributed by atoms with E-state index in [4.69, 9.17) is 9.47 Å². The van der Waals surface area contributed by atoms with Crippen LogP contribution in [0.3, 0.4) is 0 Å². The van der Waals surface area contributed by atoms with Crippen molar-refractivity contribution < 1.29 is 23.9 Å². The summed E-state index contributed by atoms with van der Waals surface area (Å²) in [5.41, 5.74) is 1.08. The summed E-state index contributed by atoms with van der Waals surface area (Å²) in [6, 6.07) is 11.9. The summed E-state index contributed by atoms with van der Waals surface area (Å²) in [5.74, 6) is 0.120. The van der Waals surface area contributed by atoms with Crippen LogP contribution in [-0.2, 0) is 16.8 Å². The van der Waals surface area contributed by atoms with E-state index in [1.54, 1.807) is 18.2 Å². The van der Waals surface area contributed by atoms with Gasteiger partial charge in [-0.2, -0.15) is 0 Å². The third-order valence-electron chi connectivity index (χ3n) is 5.66. The minimum absolute atomic E-state index is 0.291. The third-order valence-corrected chi connectivity index (χ3v) is 5.66. The molecular formula is C22H22N2O5. The van der Waals surface area contributed by atoms with E-state index in [1.807, 2.05) is 24.3 Å². The maximum Gasteiger partial charge on any atom is 0.325 e. The fraction of sp³-hybridized carbons (Fsp3) is 0.318. The first-order valence-electron chi connectivity index (χ1n) is 9.48. The maximum absolute atomic E-state index is 13.3. The number of fused-ring (bicyclic) bond motifs is 2. The van der Waals surface area contributed by atoms with Crippen LogP contribution in [0.5, 0.6) is 11.5 Å². The van der Waals surface area contributed by atoms with Crippen LogP contribution in [0, 0.1) is 0 Å². The van der Waals surface area contributed by atoms with Gasteiger partial charge < -0.3 is 14.8 Å². The van der Waals surface area contributed by atoms with Crippen molar-refractivity contribution in [2.45, 2.75) is 24.8 Å². The van der Waals surface area contributed by atoms with E-state index in [1.165, 1.54) is 14.2 Å². The van der Waals surface area contributed by atoms with Gasteiger partial charge in [0.25, 0.3) is 5.91 Å². The van der Waals surface area contributed by atoms with Gasteiger partial charge in [-0.15, -0.1) is 0 Å². The number of Topliss-reactive ketones (excluding diaryl/α,β-unsaturated/α-hetero) is 1. The number of hydrogen-bond acceptors (Lipinski definition) is 5. The Morgan fingerprint density at radius 3 is 2.69 bits per heavy atom. The van der Waals surface area contributed by atoms with E-state index in [0.717, 1.165) is 28.9 Å². The zero-order chi connectivity index (χ0) is 20.6. The Bertz CT molecular complexity index is 1000. The highest BCUT2D eigenvalue weighted by atomic mass is 16.5. The molecule has 0 unspecified atom stereocenters. The Morgan fingerprint density at radius 1 is 1.14 bits per heavy atom. The van der Waals surface area contributed by atoms with Crippen LogP contribution < -0.4 is 14.8 Å². The van der Waals surface area contributed by atoms with E-state index in [-0.39, 0.29) is 18.2 Å². The van der Waals surface area contributed by atoms with Gasteiger partial charge in [0.2, 0.25) is 0 Å². The van der Waals surface area contributed by atoms with Gasteiger partial charge >= 0.3 is 6.03 Å². The standard InChI is InChI=1S/C22H22N2O5/c1-28-15-9-10-16(19(12-15)29-2)18(25)13-24-20(26)22(23-21(24)27)11-5-7-14-6-3-4-8-17(14)22/h3-4,6,8-10,12H,5,7,11,13H2,1-2H3,(H,23,27)/t22-/m0/s1. The maximum atomic E-state index is 13.3. The first-order chi connectivity index (χ1) is 14.0. The molecule has 1 aliphatic carbocycles. The second-order valence-corrected chi connectivity index (χ2v) is 7.23. The van der Waals surface area contributed by atoms with Gasteiger partial charge in [-0.3, -0.25) is 14.5 Å².